The number of carbonyl (C=O) groups excluding carboxylic acids is 1. The predicted molar refractivity (Wildman–Crippen MR) is 73.5 cm³/mol. The predicted octanol–water partition coefficient (Wildman–Crippen LogP) is 2.20. The molecule has 2 aromatic rings. The summed E-state index contributed by atoms with van der Waals surface area (Å²) in [6.07, 6.45) is 1.63. The number of halogens is 1. The zero-order chi connectivity index (χ0) is 13.1. The molecule has 1 atom stereocenters. The number of benzene rings is 1. The molecular weight excluding hydrogens is 296 g/mol. The number of aromatic nitrogens is 3. The lowest BCUT2D eigenvalue weighted by Crippen LogP contribution is -2.20. The molecule has 6 heteroatoms. The highest BCUT2D eigenvalue weighted by atomic mass is 79.9. The fraction of sp³-hybridized carbons (Fsp3) is 0.250. The average Bonchev–Trinajstić information content (AvgIpc) is 2.76. The van der Waals surface area contributed by atoms with Crippen molar-refractivity contribution in [3.8, 4) is 11.4 Å². The maximum Gasteiger partial charge on any atom is 0.237 e. The number of carbonyl (C=O) groups is 1. The fourth-order valence-corrected chi connectivity index (χ4v) is 1.66. The highest BCUT2D eigenvalue weighted by Crippen LogP contribution is 2.25. The van der Waals surface area contributed by atoms with Crippen molar-refractivity contribution in [3.05, 3.63) is 30.6 Å². The number of rotatable bonds is 3. The summed E-state index contributed by atoms with van der Waals surface area (Å²) in [7, 11) is 1.86. The van der Waals surface area contributed by atoms with E-state index in [-0.39, 0.29) is 10.7 Å². The van der Waals surface area contributed by atoms with Crippen LogP contribution in [0.4, 0.5) is 5.69 Å². The Hall–Kier alpha value is -1.69. The SMILES string of the molecule is CC(Br)C(=O)Nc1ccccc1-c1nncn1C. The van der Waals surface area contributed by atoms with Crippen molar-refractivity contribution >= 4 is 27.5 Å². The minimum atomic E-state index is -0.245. The number of anilines is 1. The molecule has 5 nitrogen and oxygen atoms in total. The van der Waals surface area contributed by atoms with Gasteiger partial charge in [-0.05, 0) is 19.1 Å². The molecule has 0 saturated carbocycles. The summed E-state index contributed by atoms with van der Waals surface area (Å²) in [5, 5.41) is 10.8. The summed E-state index contributed by atoms with van der Waals surface area (Å²) in [5.74, 6) is 0.623. The van der Waals surface area contributed by atoms with Crippen LogP contribution >= 0.6 is 15.9 Å². The van der Waals surface area contributed by atoms with E-state index in [2.05, 4.69) is 31.4 Å². The van der Waals surface area contributed by atoms with E-state index in [1.54, 1.807) is 13.3 Å². The van der Waals surface area contributed by atoms with Crippen molar-refractivity contribution in [3.63, 3.8) is 0 Å². The summed E-state index contributed by atoms with van der Waals surface area (Å²) in [6.45, 7) is 1.78. The first kappa shape index (κ1) is 12.8. The van der Waals surface area contributed by atoms with Crippen LogP contribution in [-0.4, -0.2) is 25.5 Å². The summed E-state index contributed by atoms with van der Waals surface area (Å²) in [6, 6.07) is 7.52. The minimum Gasteiger partial charge on any atom is -0.324 e. The molecule has 1 heterocycles. The van der Waals surface area contributed by atoms with Crippen molar-refractivity contribution in [2.45, 2.75) is 11.8 Å². The number of hydrogen-bond donors (Lipinski definition) is 1. The molecule has 1 N–H and O–H groups in total. The normalized spacial score (nSPS) is 12.2. The van der Waals surface area contributed by atoms with E-state index in [0.717, 1.165) is 11.3 Å². The smallest absolute Gasteiger partial charge is 0.237 e. The molecule has 18 heavy (non-hydrogen) atoms. The fourth-order valence-electron chi connectivity index (χ4n) is 1.55. The van der Waals surface area contributed by atoms with Gasteiger partial charge in [-0.2, -0.15) is 0 Å². The third-order valence-corrected chi connectivity index (χ3v) is 2.91. The second-order valence-electron chi connectivity index (χ2n) is 3.92. The zero-order valence-electron chi connectivity index (χ0n) is 10.1. The largest absolute Gasteiger partial charge is 0.324 e. The molecule has 1 amide bonds. The molecule has 0 aliphatic carbocycles. The molecule has 1 aromatic carbocycles. The van der Waals surface area contributed by atoms with Gasteiger partial charge < -0.3 is 9.88 Å². The van der Waals surface area contributed by atoms with Crippen LogP contribution in [0.25, 0.3) is 11.4 Å². The third-order valence-electron chi connectivity index (χ3n) is 2.50. The molecule has 0 radical (unpaired) electrons. The number of hydrogen-bond acceptors (Lipinski definition) is 3. The Morgan fingerprint density at radius 2 is 2.17 bits per heavy atom. The number of alkyl halides is 1. The Morgan fingerprint density at radius 1 is 1.44 bits per heavy atom. The van der Waals surface area contributed by atoms with Gasteiger partial charge in [0.05, 0.1) is 10.5 Å². The highest BCUT2D eigenvalue weighted by Gasteiger charge is 2.14. The minimum absolute atomic E-state index is 0.0929. The number of amides is 1. The van der Waals surface area contributed by atoms with Crippen molar-refractivity contribution in [1.29, 1.82) is 0 Å². The second-order valence-corrected chi connectivity index (χ2v) is 5.29. The zero-order valence-corrected chi connectivity index (χ0v) is 11.7. The van der Waals surface area contributed by atoms with Crippen molar-refractivity contribution < 1.29 is 4.79 Å². The Bertz CT molecular complexity index is 565. The first-order valence-electron chi connectivity index (χ1n) is 5.48. The standard InChI is InChI=1S/C12H13BrN4O/c1-8(13)12(18)15-10-6-4-3-5-9(10)11-16-14-7-17(11)2/h3-8H,1-2H3,(H,15,18). The number of aryl methyl sites for hydroxylation is 1. The molecular formula is C12H13BrN4O. The Kier molecular flexibility index (Phi) is 3.76. The Balaban J connectivity index is 2.38. The Morgan fingerprint density at radius 3 is 2.78 bits per heavy atom. The van der Waals surface area contributed by atoms with Gasteiger partial charge in [0.15, 0.2) is 5.82 Å². The highest BCUT2D eigenvalue weighted by molar-refractivity contribution is 9.10. The van der Waals surface area contributed by atoms with E-state index in [4.69, 9.17) is 0 Å². The molecule has 0 saturated heterocycles. The molecule has 0 aliphatic rings. The van der Waals surface area contributed by atoms with E-state index in [1.165, 1.54) is 0 Å². The van der Waals surface area contributed by atoms with Crippen LogP contribution in [0.2, 0.25) is 0 Å². The van der Waals surface area contributed by atoms with Gasteiger partial charge >= 0.3 is 0 Å². The summed E-state index contributed by atoms with van der Waals surface area (Å²) >= 11 is 3.24. The number of para-hydroxylation sites is 1. The summed E-state index contributed by atoms with van der Waals surface area (Å²) in [5.41, 5.74) is 1.57. The molecule has 0 spiro atoms. The van der Waals surface area contributed by atoms with Crippen LogP contribution in [0.15, 0.2) is 30.6 Å². The monoisotopic (exact) mass is 308 g/mol. The molecule has 0 fully saturated rings. The van der Waals surface area contributed by atoms with E-state index < -0.39 is 0 Å². The quantitative estimate of drug-likeness (QED) is 0.884. The van der Waals surface area contributed by atoms with Crippen molar-refractivity contribution in [2.24, 2.45) is 7.05 Å². The number of nitrogens with zero attached hydrogens (tertiary/aromatic N) is 3. The molecule has 0 aliphatic heterocycles. The summed E-state index contributed by atoms with van der Waals surface area (Å²) in [4.78, 5) is 11.5. The third kappa shape index (κ3) is 2.59. The lowest BCUT2D eigenvalue weighted by molar-refractivity contribution is -0.115. The molecule has 1 aromatic heterocycles. The van der Waals surface area contributed by atoms with Crippen LogP contribution in [0.5, 0.6) is 0 Å². The van der Waals surface area contributed by atoms with Crippen LogP contribution in [-0.2, 0) is 11.8 Å². The number of nitrogens with one attached hydrogen (secondary N) is 1. The molecule has 0 bridgehead atoms. The van der Waals surface area contributed by atoms with Gasteiger partial charge in [0.2, 0.25) is 5.91 Å². The van der Waals surface area contributed by atoms with Gasteiger partial charge in [-0.1, -0.05) is 28.1 Å². The van der Waals surface area contributed by atoms with Gasteiger partial charge in [0.25, 0.3) is 0 Å². The summed E-state index contributed by atoms with van der Waals surface area (Å²) < 4.78 is 1.81. The van der Waals surface area contributed by atoms with Gasteiger partial charge in [-0.25, -0.2) is 0 Å². The van der Waals surface area contributed by atoms with Crippen molar-refractivity contribution in [2.75, 3.05) is 5.32 Å². The van der Waals surface area contributed by atoms with Gasteiger partial charge in [0.1, 0.15) is 6.33 Å². The van der Waals surface area contributed by atoms with Gasteiger partial charge in [0, 0.05) is 12.6 Å². The van der Waals surface area contributed by atoms with Crippen LogP contribution in [0.1, 0.15) is 6.92 Å². The maximum atomic E-state index is 11.7. The lowest BCUT2D eigenvalue weighted by Gasteiger charge is -2.11. The van der Waals surface area contributed by atoms with Crippen LogP contribution in [0, 0.1) is 0 Å². The van der Waals surface area contributed by atoms with Crippen LogP contribution in [0.3, 0.4) is 0 Å². The average molecular weight is 309 g/mol. The topological polar surface area (TPSA) is 59.8 Å². The van der Waals surface area contributed by atoms with E-state index in [0.29, 0.717) is 5.82 Å². The second kappa shape index (κ2) is 5.30. The van der Waals surface area contributed by atoms with Crippen molar-refractivity contribution in [1.82, 2.24) is 14.8 Å². The van der Waals surface area contributed by atoms with E-state index in [1.807, 2.05) is 35.9 Å². The van der Waals surface area contributed by atoms with Crippen LogP contribution < -0.4 is 5.32 Å². The van der Waals surface area contributed by atoms with E-state index in [9.17, 15) is 4.79 Å². The lowest BCUT2D eigenvalue weighted by atomic mass is 10.1. The first-order chi connectivity index (χ1) is 8.59. The first-order valence-corrected chi connectivity index (χ1v) is 6.39. The maximum absolute atomic E-state index is 11.7. The van der Waals surface area contributed by atoms with Gasteiger partial charge in [-0.3, -0.25) is 4.79 Å². The molecule has 1 unspecified atom stereocenters. The van der Waals surface area contributed by atoms with E-state index >= 15 is 0 Å². The Labute approximate surface area is 113 Å². The molecule has 94 valence electrons. The van der Waals surface area contributed by atoms with Gasteiger partial charge in [-0.15, -0.1) is 10.2 Å². The molecule has 2 rings (SSSR count).